The predicted molar refractivity (Wildman–Crippen MR) is 98.4 cm³/mol. The summed E-state index contributed by atoms with van der Waals surface area (Å²) in [4.78, 5) is 14.5. The monoisotopic (exact) mass is 383 g/mol. The van der Waals surface area contributed by atoms with Crippen molar-refractivity contribution >= 4 is 28.0 Å². The summed E-state index contributed by atoms with van der Waals surface area (Å²) in [6.07, 6.45) is 4.76. The zero-order chi connectivity index (χ0) is 19.4. The largest absolute Gasteiger partial charge is 0.476 e. The maximum absolute atomic E-state index is 12.9. The number of halogens is 1. The SMILES string of the molecule is O=C(O)c1ncccc1S(=O)(=O)c1ccc(C=Cc2ccc(F)cc2)cc1. The van der Waals surface area contributed by atoms with Crippen LogP contribution in [-0.2, 0) is 9.84 Å². The number of aromatic nitrogens is 1. The standard InChI is InChI=1S/C20H14FNO4S/c21-16-9-5-14(6-10-16)3-4-15-7-11-17(12-8-15)27(25,26)18-2-1-13-22-19(18)20(23)24/h1-13H,(H,23,24). The lowest BCUT2D eigenvalue weighted by Gasteiger charge is -2.07. The zero-order valence-corrected chi connectivity index (χ0v) is 14.7. The third kappa shape index (κ3) is 4.09. The second-order valence-electron chi connectivity index (χ2n) is 5.61. The van der Waals surface area contributed by atoms with Crippen molar-refractivity contribution in [3.05, 3.63) is 89.5 Å². The van der Waals surface area contributed by atoms with Crippen molar-refractivity contribution in [1.82, 2.24) is 4.98 Å². The summed E-state index contributed by atoms with van der Waals surface area (Å²) >= 11 is 0. The van der Waals surface area contributed by atoms with Gasteiger partial charge in [0.05, 0.1) is 4.90 Å². The molecule has 1 N–H and O–H groups in total. The van der Waals surface area contributed by atoms with E-state index in [9.17, 15) is 17.6 Å². The first-order valence-corrected chi connectivity index (χ1v) is 9.33. The highest BCUT2D eigenvalue weighted by Gasteiger charge is 2.25. The van der Waals surface area contributed by atoms with E-state index in [2.05, 4.69) is 4.98 Å². The summed E-state index contributed by atoms with van der Waals surface area (Å²) in [7, 11) is -4.01. The van der Waals surface area contributed by atoms with Crippen molar-refractivity contribution < 1.29 is 22.7 Å². The molecule has 0 aliphatic carbocycles. The second kappa shape index (κ2) is 7.51. The molecule has 0 radical (unpaired) electrons. The Hall–Kier alpha value is -3.32. The third-order valence-corrected chi connectivity index (χ3v) is 5.59. The van der Waals surface area contributed by atoms with Crippen LogP contribution in [0.1, 0.15) is 21.6 Å². The van der Waals surface area contributed by atoms with Crippen molar-refractivity contribution in [2.45, 2.75) is 9.79 Å². The summed E-state index contributed by atoms with van der Waals surface area (Å²) in [5.41, 5.74) is 1.02. The predicted octanol–water partition coefficient (Wildman–Crippen LogP) is 3.92. The van der Waals surface area contributed by atoms with E-state index >= 15 is 0 Å². The highest BCUT2D eigenvalue weighted by molar-refractivity contribution is 7.91. The molecule has 136 valence electrons. The number of hydrogen-bond acceptors (Lipinski definition) is 4. The van der Waals surface area contributed by atoms with Gasteiger partial charge in [-0.05, 0) is 47.5 Å². The van der Waals surface area contributed by atoms with E-state index < -0.39 is 21.5 Å². The molecule has 0 spiro atoms. The van der Waals surface area contributed by atoms with Gasteiger partial charge in [-0.25, -0.2) is 22.6 Å². The normalized spacial score (nSPS) is 11.6. The van der Waals surface area contributed by atoms with Gasteiger partial charge in [0.2, 0.25) is 9.84 Å². The van der Waals surface area contributed by atoms with Gasteiger partial charge in [-0.2, -0.15) is 0 Å². The van der Waals surface area contributed by atoms with E-state index in [1.807, 2.05) is 0 Å². The minimum absolute atomic E-state index is 0.0306. The average Bonchev–Trinajstić information content (AvgIpc) is 2.68. The van der Waals surface area contributed by atoms with Gasteiger partial charge in [0.1, 0.15) is 10.7 Å². The van der Waals surface area contributed by atoms with E-state index in [1.165, 1.54) is 42.6 Å². The Morgan fingerprint density at radius 2 is 1.48 bits per heavy atom. The van der Waals surface area contributed by atoms with E-state index in [4.69, 9.17) is 5.11 Å². The average molecular weight is 383 g/mol. The number of rotatable bonds is 5. The van der Waals surface area contributed by atoms with Gasteiger partial charge in [-0.1, -0.05) is 36.4 Å². The number of sulfone groups is 1. The molecule has 0 aliphatic heterocycles. The highest BCUT2D eigenvalue weighted by Crippen LogP contribution is 2.23. The fraction of sp³-hybridized carbons (Fsp3) is 0. The third-order valence-electron chi connectivity index (χ3n) is 3.79. The molecule has 5 nitrogen and oxygen atoms in total. The van der Waals surface area contributed by atoms with Crippen molar-refractivity contribution in [2.75, 3.05) is 0 Å². The Labute approximate surface area is 155 Å². The molecule has 0 atom stereocenters. The van der Waals surface area contributed by atoms with E-state index in [0.717, 1.165) is 11.1 Å². The summed E-state index contributed by atoms with van der Waals surface area (Å²) in [5, 5.41) is 9.16. The van der Waals surface area contributed by atoms with Gasteiger partial charge in [-0.15, -0.1) is 0 Å². The van der Waals surface area contributed by atoms with E-state index in [-0.39, 0.29) is 15.6 Å². The molecule has 0 saturated heterocycles. The molecule has 0 fully saturated rings. The van der Waals surface area contributed by atoms with Crippen LogP contribution in [0.2, 0.25) is 0 Å². The Morgan fingerprint density at radius 3 is 2.04 bits per heavy atom. The Kier molecular flexibility index (Phi) is 5.14. The molecular formula is C20H14FNO4S. The lowest BCUT2D eigenvalue weighted by atomic mass is 10.1. The van der Waals surface area contributed by atoms with Gasteiger partial charge in [-0.3, -0.25) is 0 Å². The fourth-order valence-corrected chi connectivity index (χ4v) is 3.82. The highest BCUT2D eigenvalue weighted by atomic mass is 32.2. The minimum Gasteiger partial charge on any atom is -0.476 e. The molecule has 2 aromatic carbocycles. The van der Waals surface area contributed by atoms with Crippen LogP contribution in [0.5, 0.6) is 0 Å². The molecule has 1 heterocycles. The van der Waals surface area contributed by atoms with Crippen molar-refractivity contribution in [1.29, 1.82) is 0 Å². The first-order chi connectivity index (χ1) is 12.9. The van der Waals surface area contributed by atoms with Crippen molar-refractivity contribution in [2.24, 2.45) is 0 Å². The molecule has 0 aliphatic rings. The number of benzene rings is 2. The molecule has 0 saturated carbocycles. The van der Waals surface area contributed by atoms with Crippen LogP contribution < -0.4 is 0 Å². The Morgan fingerprint density at radius 1 is 0.926 bits per heavy atom. The van der Waals surface area contributed by atoms with Gasteiger partial charge in [0.25, 0.3) is 0 Å². The van der Waals surface area contributed by atoms with Crippen molar-refractivity contribution in [3.8, 4) is 0 Å². The smallest absolute Gasteiger partial charge is 0.355 e. The summed E-state index contributed by atoms with van der Waals surface area (Å²) in [6.45, 7) is 0. The van der Waals surface area contributed by atoms with Crippen LogP contribution in [0.4, 0.5) is 4.39 Å². The molecule has 1 aromatic heterocycles. The molecular weight excluding hydrogens is 369 g/mol. The molecule has 3 rings (SSSR count). The molecule has 0 unspecified atom stereocenters. The number of carboxylic acid groups (broad SMARTS) is 1. The number of pyridine rings is 1. The second-order valence-corrected chi connectivity index (χ2v) is 7.53. The number of nitrogens with zero attached hydrogens (tertiary/aromatic N) is 1. The minimum atomic E-state index is -4.01. The van der Waals surface area contributed by atoms with Crippen LogP contribution in [-0.4, -0.2) is 24.5 Å². The quantitative estimate of drug-likeness (QED) is 0.675. The molecule has 0 bridgehead atoms. The maximum Gasteiger partial charge on any atom is 0.355 e. The summed E-state index contributed by atoms with van der Waals surface area (Å²) in [6, 6.07) is 14.5. The Balaban J connectivity index is 1.89. The number of carboxylic acids is 1. The lowest BCUT2D eigenvalue weighted by Crippen LogP contribution is -2.11. The number of carbonyl (C=O) groups is 1. The molecule has 0 amide bonds. The van der Waals surface area contributed by atoms with Crippen molar-refractivity contribution in [3.63, 3.8) is 0 Å². The lowest BCUT2D eigenvalue weighted by molar-refractivity contribution is 0.0686. The zero-order valence-electron chi connectivity index (χ0n) is 13.9. The van der Waals surface area contributed by atoms with E-state index in [0.29, 0.717) is 0 Å². The van der Waals surface area contributed by atoms with Gasteiger partial charge in [0, 0.05) is 6.20 Å². The van der Waals surface area contributed by atoms with Gasteiger partial charge >= 0.3 is 5.97 Å². The number of aromatic carboxylic acids is 1. The molecule has 7 heteroatoms. The van der Waals surface area contributed by atoms with Gasteiger partial charge in [0.15, 0.2) is 5.69 Å². The molecule has 3 aromatic rings. The fourth-order valence-electron chi connectivity index (χ4n) is 2.42. The summed E-state index contributed by atoms with van der Waals surface area (Å²) in [5.74, 6) is -1.73. The first-order valence-electron chi connectivity index (χ1n) is 7.85. The summed E-state index contributed by atoms with van der Waals surface area (Å²) < 4.78 is 38.4. The topological polar surface area (TPSA) is 84.3 Å². The van der Waals surface area contributed by atoms with Crippen LogP contribution in [0.25, 0.3) is 12.2 Å². The Bertz CT molecular complexity index is 1110. The van der Waals surface area contributed by atoms with Crippen LogP contribution in [0.3, 0.4) is 0 Å². The van der Waals surface area contributed by atoms with Crippen LogP contribution >= 0.6 is 0 Å². The van der Waals surface area contributed by atoms with Crippen LogP contribution in [0.15, 0.2) is 76.7 Å². The van der Waals surface area contributed by atoms with E-state index in [1.54, 1.807) is 36.4 Å². The first kappa shape index (κ1) is 18.5. The maximum atomic E-state index is 12.9. The van der Waals surface area contributed by atoms with Gasteiger partial charge < -0.3 is 5.11 Å². The van der Waals surface area contributed by atoms with Crippen LogP contribution in [0, 0.1) is 5.82 Å². The molecule has 27 heavy (non-hydrogen) atoms. The number of hydrogen-bond donors (Lipinski definition) is 1.